The van der Waals surface area contributed by atoms with Crippen LogP contribution in [0.4, 0.5) is 0 Å². The average Bonchev–Trinajstić information content (AvgIpc) is 2.65. The zero-order chi connectivity index (χ0) is 12.9. The van der Waals surface area contributed by atoms with Gasteiger partial charge in [0.25, 0.3) is 0 Å². The van der Waals surface area contributed by atoms with Crippen LogP contribution >= 0.6 is 0 Å². The first kappa shape index (κ1) is 12.4. The number of methoxy groups -OCH3 is 1. The second-order valence-electron chi connectivity index (χ2n) is 5.69. The Kier molecular flexibility index (Phi) is 3.10. The van der Waals surface area contributed by atoms with Gasteiger partial charge in [0.05, 0.1) is 19.0 Å². The number of allylic oxidation sites excluding steroid dienone is 1. The van der Waals surface area contributed by atoms with Crippen LogP contribution in [0.3, 0.4) is 0 Å². The Hall–Kier alpha value is -0.620. The molecule has 5 unspecified atom stereocenters. The molecule has 2 saturated heterocycles. The lowest BCUT2D eigenvalue weighted by Crippen LogP contribution is -2.65. The van der Waals surface area contributed by atoms with Crippen LogP contribution in [0.2, 0.25) is 0 Å². The van der Waals surface area contributed by atoms with Gasteiger partial charge in [-0.25, -0.2) is 10.0 Å². The SMILES string of the molecule is COC1=CC2C(O)NC3CC(C)N(C)N3C2CC1. The summed E-state index contributed by atoms with van der Waals surface area (Å²) >= 11 is 0. The van der Waals surface area contributed by atoms with Gasteiger partial charge in [0, 0.05) is 31.5 Å². The van der Waals surface area contributed by atoms with Crippen LogP contribution in [0.15, 0.2) is 11.8 Å². The van der Waals surface area contributed by atoms with Crippen molar-refractivity contribution in [2.45, 2.75) is 50.7 Å². The molecule has 0 aromatic carbocycles. The van der Waals surface area contributed by atoms with Gasteiger partial charge >= 0.3 is 0 Å². The molecule has 102 valence electrons. The van der Waals surface area contributed by atoms with Crippen molar-refractivity contribution in [3.05, 3.63) is 11.8 Å². The second-order valence-corrected chi connectivity index (χ2v) is 5.69. The van der Waals surface area contributed by atoms with Gasteiger partial charge in [0.15, 0.2) is 0 Å². The van der Waals surface area contributed by atoms with Crippen molar-refractivity contribution in [2.24, 2.45) is 5.92 Å². The minimum absolute atomic E-state index is 0.123. The van der Waals surface area contributed by atoms with Crippen LogP contribution in [0.5, 0.6) is 0 Å². The van der Waals surface area contributed by atoms with Crippen LogP contribution in [0.25, 0.3) is 0 Å². The summed E-state index contributed by atoms with van der Waals surface area (Å²) in [6.45, 7) is 2.24. The summed E-state index contributed by atoms with van der Waals surface area (Å²) in [4.78, 5) is 0. The van der Waals surface area contributed by atoms with Crippen molar-refractivity contribution in [1.82, 2.24) is 15.3 Å². The fourth-order valence-corrected chi connectivity index (χ4v) is 3.62. The van der Waals surface area contributed by atoms with Gasteiger partial charge in [-0.2, -0.15) is 0 Å². The smallest absolute Gasteiger partial charge is 0.114 e. The number of nitrogens with zero attached hydrogens (tertiary/aromatic N) is 2. The highest BCUT2D eigenvalue weighted by Crippen LogP contribution is 2.38. The Morgan fingerprint density at radius 2 is 2.28 bits per heavy atom. The van der Waals surface area contributed by atoms with Crippen LogP contribution in [0.1, 0.15) is 26.2 Å². The quantitative estimate of drug-likeness (QED) is 0.712. The van der Waals surface area contributed by atoms with Crippen molar-refractivity contribution >= 4 is 0 Å². The molecular formula is C13H23N3O2. The number of rotatable bonds is 1. The van der Waals surface area contributed by atoms with Gasteiger partial charge in [-0.15, -0.1) is 0 Å². The molecule has 0 saturated carbocycles. The monoisotopic (exact) mass is 253 g/mol. The molecule has 2 heterocycles. The van der Waals surface area contributed by atoms with Gasteiger partial charge in [-0.3, -0.25) is 5.32 Å². The van der Waals surface area contributed by atoms with Crippen LogP contribution < -0.4 is 5.32 Å². The third-order valence-electron chi connectivity index (χ3n) is 4.72. The zero-order valence-corrected chi connectivity index (χ0v) is 11.3. The second kappa shape index (κ2) is 4.49. The van der Waals surface area contributed by atoms with Gasteiger partial charge in [-0.1, -0.05) is 0 Å². The number of fused-ring (bicyclic) bond motifs is 3. The summed E-state index contributed by atoms with van der Waals surface area (Å²) in [6.07, 6.45) is 5.00. The number of hydrogen-bond acceptors (Lipinski definition) is 5. The van der Waals surface area contributed by atoms with E-state index in [0.29, 0.717) is 12.1 Å². The van der Waals surface area contributed by atoms with E-state index in [2.05, 4.69) is 35.4 Å². The Labute approximate surface area is 108 Å². The van der Waals surface area contributed by atoms with E-state index in [0.717, 1.165) is 25.0 Å². The Morgan fingerprint density at radius 3 is 3.00 bits per heavy atom. The highest BCUT2D eigenvalue weighted by atomic mass is 16.5. The lowest BCUT2D eigenvalue weighted by atomic mass is 9.85. The van der Waals surface area contributed by atoms with Crippen molar-refractivity contribution in [2.75, 3.05) is 14.2 Å². The molecule has 2 aliphatic heterocycles. The predicted molar refractivity (Wildman–Crippen MR) is 68.2 cm³/mol. The summed E-state index contributed by atoms with van der Waals surface area (Å²) in [6, 6.07) is 0.918. The highest BCUT2D eigenvalue weighted by molar-refractivity contribution is 5.11. The maximum Gasteiger partial charge on any atom is 0.114 e. The average molecular weight is 253 g/mol. The van der Waals surface area contributed by atoms with E-state index in [1.807, 2.05) is 0 Å². The molecule has 0 amide bonds. The van der Waals surface area contributed by atoms with Crippen molar-refractivity contribution in [1.29, 1.82) is 0 Å². The first-order chi connectivity index (χ1) is 8.61. The molecule has 2 fully saturated rings. The normalized spacial score (nSPS) is 45.3. The van der Waals surface area contributed by atoms with Crippen molar-refractivity contribution in [3.8, 4) is 0 Å². The number of aliphatic hydroxyl groups excluding tert-OH is 1. The summed E-state index contributed by atoms with van der Waals surface area (Å²) in [7, 11) is 3.86. The molecule has 0 spiro atoms. The lowest BCUT2D eigenvalue weighted by Gasteiger charge is -2.49. The molecule has 18 heavy (non-hydrogen) atoms. The molecule has 5 heteroatoms. The first-order valence-corrected chi connectivity index (χ1v) is 6.81. The third-order valence-corrected chi connectivity index (χ3v) is 4.72. The van der Waals surface area contributed by atoms with E-state index in [1.54, 1.807) is 7.11 Å². The number of ether oxygens (including phenoxy) is 1. The topological polar surface area (TPSA) is 48.0 Å². The van der Waals surface area contributed by atoms with E-state index >= 15 is 0 Å². The van der Waals surface area contributed by atoms with Crippen LogP contribution in [-0.2, 0) is 4.74 Å². The first-order valence-electron chi connectivity index (χ1n) is 6.81. The summed E-state index contributed by atoms with van der Waals surface area (Å²) in [5, 5.41) is 18.4. The Bertz CT molecular complexity index is 360. The molecule has 0 aromatic heterocycles. The molecule has 1 aliphatic carbocycles. The molecule has 5 atom stereocenters. The van der Waals surface area contributed by atoms with Gasteiger partial charge in [0.2, 0.25) is 0 Å². The summed E-state index contributed by atoms with van der Waals surface area (Å²) in [5.74, 6) is 1.13. The predicted octanol–water partition coefficient (Wildman–Crippen LogP) is 0.484. The number of hydrogen-bond donors (Lipinski definition) is 2. The third kappa shape index (κ3) is 1.77. The molecule has 0 bridgehead atoms. The minimum atomic E-state index is -0.458. The highest BCUT2D eigenvalue weighted by Gasteiger charge is 2.48. The molecule has 5 nitrogen and oxygen atoms in total. The summed E-state index contributed by atoms with van der Waals surface area (Å²) in [5.41, 5.74) is 0. The minimum Gasteiger partial charge on any atom is -0.501 e. The largest absolute Gasteiger partial charge is 0.501 e. The van der Waals surface area contributed by atoms with Crippen molar-refractivity contribution < 1.29 is 9.84 Å². The Morgan fingerprint density at radius 1 is 1.50 bits per heavy atom. The maximum absolute atomic E-state index is 10.3. The molecule has 3 rings (SSSR count). The number of hydrazine groups is 1. The van der Waals surface area contributed by atoms with Crippen LogP contribution in [-0.4, -0.2) is 53.8 Å². The molecule has 3 aliphatic rings. The van der Waals surface area contributed by atoms with Gasteiger partial charge in [-0.05, 0) is 25.8 Å². The van der Waals surface area contributed by atoms with E-state index in [-0.39, 0.29) is 12.1 Å². The van der Waals surface area contributed by atoms with E-state index in [4.69, 9.17) is 4.74 Å². The fourth-order valence-electron chi connectivity index (χ4n) is 3.62. The van der Waals surface area contributed by atoms with E-state index in [1.165, 1.54) is 0 Å². The molecule has 0 aromatic rings. The lowest BCUT2D eigenvalue weighted by molar-refractivity contribution is -0.133. The van der Waals surface area contributed by atoms with Gasteiger partial charge in [0.1, 0.15) is 6.23 Å². The van der Waals surface area contributed by atoms with E-state index in [9.17, 15) is 5.11 Å². The van der Waals surface area contributed by atoms with Gasteiger partial charge < -0.3 is 9.84 Å². The maximum atomic E-state index is 10.3. The number of nitrogens with one attached hydrogen (secondary N) is 1. The van der Waals surface area contributed by atoms with E-state index < -0.39 is 6.23 Å². The zero-order valence-electron chi connectivity index (χ0n) is 11.3. The molecule has 0 radical (unpaired) electrons. The van der Waals surface area contributed by atoms with Crippen molar-refractivity contribution in [3.63, 3.8) is 0 Å². The van der Waals surface area contributed by atoms with Crippen LogP contribution in [0, 0.1) is 5.92 Å². The fraction of sp³-hybridized carbons (Fsp3) is 0.846. The summed E-state index contributed by atoms with van der Waals surface area (Å²) < 4.78 is 5.34. The Balaban J connectivity index is 1.87. The number of aliphatic hydroxyl groups is 1. The molecule has 2 N–H and O–H groups in total. The molecular weight excluding hydrogens is 230 g/mol. The standard InChI is InChI=1S/C13H23N3O2/c1-8-6-12-14-13(17)10-7-9(18-3)4-5-11(10)16(12)15(8)2/h7-8,10-14,17H,4-6H2,1-3H3.